The Morgan fingerprint density at radius 3 is 2.31 bits per heavy atom. The predicted octanol–water partition coefficient (Wildman–Crippen LogP) is 5.41. The van der Waals surface area contributed by atoms with Crippen LogP contribution in [-0.2, 0) is 20.7 Å². The maximum Gasteiger partial charge on any atom is 0.415 e. The molecule has 2 heterocycles. The number of aromatic nitrogens is 2. The first-order valence-electron chi connectivity index (χ1n) is 15.0. The zero-order chi connectivity index (χ0) is 30.7. The fourth-order valence-electron chi connectivity index (χ4n) is 4.51. The van der Waals surface area contributed by atoms with Gasteiger partial charge >= 0.3 is 12.1 Å². The highest BCUT2D eigenvalue weighted by molar-refractivity contribution is 5.94. The first-order valence-corrected chi connectivity index (χ1v) is 15.0. The van der Waals surface area contributed by atoms with Gasteiger partial charge in [0.25, 0.3) is 0 Å². The molecular weight excluding hydrogens is 536 g/mol. The molecule has 0 radical (unpaired) electrons. The van der Waals surface area contributed by atoms with Crippen LogP contribution in [0, 0.1) is 0 Å². The number of nitrogens with zero attached hydrogens (tertiary/aromatic N) is 4. The molecule has 230 valence electrons. The molecule has 2 amide bonds. The second kappa shape index (κ2) is 15.4. The molecule has 1 aromatic heterocycles. The Bertz CT molecular complexity index is 1190. The normalized spacial score (nSPS) is 13.8. The minimum absolute atomic E-state index is 0.146. The maximum absolute atomic E-state index is 13.4. The van der Waals surface area contributed by atoms with Gasteiger partial charge in [-0.25, -0.2) is 14.6 Å². The highest BCUT2D eigenvalue weighted by Crippen LogP contribution is 2.25. The third-order valence-corrected chi connectivity index (χ3v) is 6.79. The summed E-state index contributed by atoms with van der Waals surface area (Å²) in [6, 6.07) is 6.25. The molecule has 3 rings (SSSR count). The van der Waals surface area contributed by atoms with Crippen LogP contribution >= 0.6 is 0 Å². The van der Waals surface area contributed by atoms with Gasteiger partial charge in [0.1, 0.15) is 23.1 Å². The number of esters is 1. The molecule has 1 saturated heterocycles. The molecule has 1 atom stereocenters. The number of hydrogen-bond donors (Lipinski definition) is 2. The fraction of sp³-hybridized carbons (Fsp3) is 0.581. The van der Waals surface area contributed by atoms with Crippen LogP contribution in [-0.4, -0.2) is 70.7 Å². The summed E-state index contributed by atoms with van der Waals surface area (Å²) in [6.07, 6.45) is 5.49. The number of anilines is 3. The van der Waals surface area contributed by atoms with E-state index in [1.165, 1.54) is 0 Å². The summed E-state index contributed by atoms with van der Waals surface area (Å²) < 4.78 is 11.3. The molecule has 0 saturated carbocycles. The van der Waals surface area contributed by atoms with E-state index >= 15 is 0 Å². The molecular formula is C31H46N6O5. The second-order valence-electron chi connectivity index (χ2n) is 11.4. The zero-order valence-electron chi connectivity index (χ0n) is 25.9. The highest BCUT2D eigenvalue weighted by Gasteiger charge is 2.28. The lowest BCUT2D eigenvalue weighted by Gasteiger charge is -2.26. The van der Waals surface area contributed by atoms with Crippen LogP contribution < -0.4 is 20.3 Å². The van der Waals surface area contributed by atoms with Gasteiger partial charge in [-0.05, 0) is 71.6 Å². The number of amides is 2. The van der Waals surface area contributed by atoms with E-state index in [0.717, 1.165) is 31.2 Å². The van der Waals surface area contributed by atoms with Crippen LogP contribution in [0.1, 0.15) is 79.2 Å². The van der Waals surface area contributed by atoms with E-state index in [1.54, 1.807) is 23.2 Å². The van der Waals surface area contributed by atoms with Crippen molar-refractivity contribution in [2.45, 2.75) is 91.7 Å². The van der Waals surface area contributed by atoms with Gasteiger partial charge in [-0.1, -0.05) is 25.5 Å². The Labute approximate surface area is 249 Å². The Kier molecular flexibility index (Phi) is 11.9. The molecule has 11 nitrogen and oxygen atoms in total. The van der Waals surface area contributed by atoms with Gasteiger partial charge < -0.3 is 29.9 Å². The summed E-state index contributed by atoms with van der Waals surface area (Å²) in [5.74, 6) is 0.657. The zero-order valence-corrected chi connectivity index (χ0v) is 25.9. The fourth-order valence-corrected chi connectivity index (χ4v) is 4.51. The number of hydrogen-bond acceptors (Lipinski definition) is 9. The van der Waals surface area contributed by atoms with Crippen molar-refractivity contribution in [2.24, 2.45) is 0 Å². The Morgan fingerprint density at radius 1 is 1.05 bits per heavy atom. The minimum atomic E-state index is -0.826. The van der Waals surface area contributed by atoms with E-state index in [0.29, 0.717) is 55.8 Å². The summed E-state index contributed by atoms with van der Waals surface area (Å²) in [5.41, 5.74) is 0.510. The smallest absolute Gasteiger partial charge is 0.415 e. The van der Waals surface area contributed by atoms with Crippen molar-refractivity contribution in [3.63, 3.8) is 0 Å². The molecule has 2 aromatic rings. The van der Waals surface area contributed by atoms with E-state index < -0.39 is 17.6 Å². The van der Waals surface area contributed by atoms with E-state index in [4.69, 9.17) is 14.5 Å². The lowest BCUT2D eigenvalue weighted by molar-refractivity contribution is -0.155. The number of carbonyl (C=O) groups is 3. The molecule has 1 fully saturated rings. The quantitative estimate of drug-likeness (QED) is 0.298. The molecule has 2 N–H and O–H groups in total. The Morgan fingerprint density at radius 2 is 1.71 bits per heavy atom. The molecule has 0 spiro atoms. The first kappa shape index (κ1) is 32.6. The molecule has 42 heavy (non-hydrogen) atoms. The summed E-state index contributed by atoms with van der Waals surface area (Å²) in [6.45, 7) is 14.3. The van der Waals surface area contributed by atoms with Gasteiger partial charge in [0.05, 0.1) is 6.20 Å². The Balaban J connectivity index is 1.87. The van der Waals surface area contributed by atoms with Crippen molar-refractivity contribution in [3.8, 4) is 5.75 Å². The van der Waals surface area contributed by atoms with Gasteiger partial charge in [0.15, 0.2) is 5.82 Å². The van der Waals surface area contributed by atoms with Gasteiger partial charge in [-0.2, -0.15) is 4.98 Å². The average molecular weight is 583 g/mol. The van der Waals surface area contributed by atoms with Crippen LogP contribution in [0.25, 0.3) is 0 Å². The molecule has 1 aliphatic heterocycles. The number of rotatable bonds is 13. The molecule has 1 aromatic carbocycles. The van der Waals surface area contributed by atoms with Gasteiger partial charge in [-0.3, -0.25) is 4.79 Å². The lowest BCUT2D eigenvalue weighted by Crippen LogP contribution is -2.38. The lowest BCUT2D eigenvalue weighted by atomic mass is 10.0. The Hall–Kier alpha value is -3.89. The summed E-state index contributed by atoms with van der Waals surface area (Å²) in [5, 5.41) is 6.15. The number of benzene rings is 1. The number of unbranched alkanes of at least 4 members (excludes halogenated alkanes) is 1. The average Bonchev–Trinajstić information content (AvgIpc) is 3.49. The van der Waals surface area contributed by atoms with Crippen molar-refractivity contribution in [1.82, 2.24) is 14.9 Å². The van der Waals surface area contributed by atoms with Gasteiger partial charge in [-0.15, -0.1) is 0 Å². The third-order valence-electron chi connectivity index (χ3n) is 6.79. The van der Waals surface area contributed by atoms with Crippen molar-refractivity contribution in [3.05, 3.63) is 36.0 Å². The number of carbonyl (C=O) groups excluding carboxylic acids is 3. The number of ether oxygens (including phenoxy) is 2. The summed E-state index contributed by atoms with van der Waals surface area (Å²) in [7, 11) is 0. The first-order chi connectivity index (χ1) is 20.0. The molecule has 0 bridgehead atoms. The van der Waals surface area contributed by atoms with Crippen LogP contribution in [0.2, 0.25) is 0 Å². The highest BCUT2D eigenvalue weighted by atomic mass is 16.6. The summed E-state index contributed by atoms with van der Waals surface area (Å²) in [4.78, 5) is 51.3. The molecule has 0 aliphatic carbocycles. The van der Waals surface area contributed by atoms with E-state index in [1.807, 2.05) is 58.6 Å². The topological polar surface area (TPSA) is 126 Å². The maximum atomic E-state index is 13.4. The SMILES string of the molecule is CCCCC(=O)Nc1cnc(N(CC)CC)nc1N[C@@H](Cc1ccc(OC(=O)N2CCCC2)cc1)C(=O)OC(C)(C)C. The minimum Gasteiger partial charge on any atom is -0.458 e. The van der Waals surface area contributed by atoms with E-state index in [9.17, 15) is 14.4 Å². The molecule has 0 unspecified atom stereocenters. The van der Waals surface area contributed by atoms with Crippen LogP contribution in [0.5, 0.6) is 5.75 Å². The van der Waals surface area contributed by atoms with E-state index in [2.05, 4.69) is 15.6 Å². The van der Waals surface area contributed by atoms with Crippen LogP contribution in [0.3, 0.4) is 0 Å². The molecule has 11 heteroatoms. The second-order valence-corrected chi connectivity index (χ2v) is 11.4. The molecule has 1 aliphatic rings. The van der Waals surface area contributed by atoms with Crippen molar-refractivity contribution < 1.29 is 23.9 Å². The van der Waals surface area contributed by atoms with Crippen molar-refractivity contribution in [1.29, 1.82) is 0 Å². The largest absolute Gasteiger partial charge is 0.458 e. The van der Waals surface area contributed by atoms with Gasteiger partial charge in [0.2, 0.25) is 11.9 Å². The predicted molar refractivity (Wildman–Crippen MR) is 164 cm³/mol. The van der Waals surface area contributed by atoms with Crippen LogP contribution in [0.4, 0.5) is 22.2 Å². The third kappa shape index (κ3) is 9.88. The van der Waals surface area contributed by atoms with Gasteiger partial charge in [0, 0.05) is 39.0 Å². The van der Waals surface area contributed by atoms with Crippen molar-refractivity contribution >= 4 is 35.4 Å². The van der Waals surface area contributed by atoms with Crippen molar-refractivity contribution in [2.75, 3.05) is 41.7 Å². The number of likely N-dealkylation sites (tertiary alicyclic amines) is 1. The monoisotopic (exact) mass is 582 g/mol. The summed E-state index contributed by atoms with van der Waals surface area (Å²) >= 11 is 0. The standard InChI is InChI=1S/C31H46N6O5/c1-7-10-13-26(38)33-25-21-32-29(36(8-2)9-3)35-27(25)34-24(28(39)42-31(4,5)6)20-22-14-16-23(17-15-22)41-30(40)37-18-11-12-19-37/h14-17,21,24H,7-13,18-20H2,1-6H3,(H,33,38)(H,32,34,35)/t24-/m0/s1. The van der Waals surface area contributed by atoms with Crippen LogP contribution in [0.15, 0.2) is 30.5 Å². The number of nitrogens with one attached hydrogen (secondary N) is 2. The van der Waals surface area contributed by atoms with E-state index in [-0.39, 0.29) is 18.4 Å².